The van der Waals surface area contributed by atoms with E-state index < -0.39 is 29.9 Å². The molecule has 0 saturated heterocycles. The van der Waals surface area contributed by atoms with Crippen molar-refractivity contribution in [3.8, 4) is 0 Å². The monoisotopic (exact) mass is 482 g/mol. The summed E-state index contributed by atoms with van der Waals surface area (Å²) in [6, 6.07) is 7.30. The number of carbonyl (C=O) groups excluding carboxylic acids is 4. The molecular formula is C26H34N4O5. The number of nitrogens with one attached hydrogen (secondary N) is 3. The van der Waals surface area contributed by atoms with Gasteiger partial charge < -0.3 is 26.4 Å². The zero-order valence-corrected chi connectivity index (χ0v) is 20.3. The molecule has 5 N–H and O–H groups in total. The Bertz CT molecular complexity index is 1030. The van der Waals surface area contributed by atoms with Crippen molar-refractivity contribution in [3.63, 3.8) is 0 Å². The number of ether oxygens (including phenoxy) is 1. The van der Waals surface area contributed by atoms with Crippen LogP contribution in [-0.2, 0) is 19.1 Å². The predicted octanol–water partition coefficient (Wildman–Crippen LogP) is 2.14. The summed E-state index contributed by atoms with van der Waals surface area (Å²) in [6.45, 7) is 3.84. The molecule has 0 spiro atoms. The van der Waals surface area contributed by atoms with E-state index in [-0.39, 0.29) is 38.0 Å². The van der Waals surface area contributed by atoms with Gasteiger partial charge in [-0.3, -0.25) is 14.4 Å². The van der Waals surface area contributed by atoms with Crippen molar-refractivity contribution in [2.24, 2.45) is 11.7 Å². The average Bonchev–Trinajstić information content (AvgIpc) is 3.16. The molecule has 1 aromatic carbocycles. The van der Waals surface area contributed by atoms with Crippen molar-refractivity contribution in [2.45, 2.75) is 51.5 Å². The Kier molecular flexibility index (Phi) is 9.05. The second-order valence-corrected chi connectivity index (χ2v) is 9.12. The van der Waals surface area contributed by atoms with Crippen LogP contribution in [0.1, 0.15) is 56.6 Å². The van der Waals surface area contributed by atoms with E-state index in [4.69, 9.17) is 10.5 Å². The summed E-state index contributed by atoms with van der Waals surface area (Å²) >= 11 is 0. The molecule has 188 valence electrons. The van der Waals surface area contributed by atoms with Crippen LogP contribution in [-0.4, -0.2) is 49.6 Å². The van der Waals surface area contributed by atoms with E-state index in [0.29, 0.717) is 6.42 Å². The van der Waals surface area contributed by atoms with Crippen molar-refractivity contribution in [1.82, 2.24) is 16.0 Å². The maximum atomic E-state index is 12.6. The van der Waals surface area contributed by atoms with E-state index in [1.165, 1.54) is 16.7 Å². The van der Waals surface area contributed by atoms with Crippen LogP contribution in [0.5, 0.6) is 0 Å². The molecule has 0 heterocycles. The van der Waals surface area contributed by atoms with Gasteiger partial charge in [0.15, 0.2) is 0 Å². The minimum absolute atomic E-state index is 0.00138. The molecule has 2 aliphatic carbocycles. The Morgan fingerprint density at radius 1 is 1.14 bits per heavy atom. The van der Waals surface area contributed by atoms with Crippen molar-refractivity contribution in [3.05, 3.63) is 53.1 Å². The van der Waals surface area contributed by atoms with Crippen molar-refractivity contribution in [1.29, 1.82) is 0 Å². The van der Waals surface area contributed by atoms with Gasteiger partial charge >= 0.3 is 6.09 Å². The Morgan fingerprint density at radius 2 is 1.91 bits per heavy atom. The minimum atomic E-state index is -0.853. The second-order valence-electron chi connectivity index (χ2n) is 9.12. The highest BCUT2D eigenvalue weighted by atomic mass is 16.5. The second kappa shape index (κ2) is 12.2. The molecule has 0 radical (unpaired) electrons. The van der Waals surface area contributed by atoms with E-state index in [1.807, 2.05) is 12.1 Å². The zero-order valence-electron chi connectivity index (χ0n) is 20.3. The van der Waals surface area contributed by atoms with Gasteiger partial charge in [0.25, 0.3) is 0 Å². The maximum absolute atomic E-state index is 12.6. The van der Waals surface area contributed by atoms with Crippen LogP contribution >= 0.6 is 0 Å². The van der Waals surface area contributed by atoms with E-state index in [2.05, 4.69) is 40.2 Å². The summed E-state index contributed by atoms with van der Waals surface area (Å²) in [4.78, 5) is 47.9. The summed E-state index contributed by atoms with van der Waals surface area (Å²) in [7, 11) is 0. The zero-order chi connectivity index (χ0) is 25.4. The lowest BCUT2D eigenvalue weighted by molar-refractivity contribution is -0.127. The normalized spacial score (nSPS) is 16.8. The van der Waals surface area contributed by atoms with Crippen LogP contribution in [0.3, 0.4) is 0 Å². The van der Waals surface area contributed by atoms with Gasteiger partial charge in [-0.05, 0) is 41.9 Å². The lowest BCUT2D eigenvalue weighted by Gasteiger charge is -2.23. The molecule has 0 saturated carbocycles. The van der Waals surface area contributed by atoms with Gasteiger partial charge in [-0.25, -0.2) is 4.79 Å². The summed E-state index contributed by atoms with van der Waals surface area (Å²) in [5.74, 6) is -1.51. The van der Waals surface area contributed by atoms with E-state index in [9.17, 15) is 19.2 Å². The molecule has 3 rings (SSSR count). The highest BCUT2D eigenvalue weighted by Gasteiger charge is 2.32. The Labute approximate surface area is 205 Å². The van der Waals surface area contributed by atoms with Gasteiger partial charge in [0.2, 0.25) is 17.7 Å². The van der Waals surface area contributed by atoms with Crippen LogP contribution in [0.2, 0.25) is 0 Å². The maximum Gasteiger partial charge on any atom is 0.407 e. The standard InChI is InChI=1S/C26H34N4O5/c1-16(2)24(25(33)29-14-23(32)28-13-7-12-22(27)31)30-26(34)35-15-21-19-10-5-3-8-17(19)18-9-4-6-11-20(18)21/h3-5,8-10,16,21,24H,6-7,11-15H2,1-2H3,(H2,27,31)(H,28,32)(H,29,33)(H,30,34). The average molecular weight is 483 g/mol. The number of primary amides is 1. The smallest absolute Gasteiger partial charge is 0.407 e. The van der Waals surface area contributed by atoms with Gasteiger partial charge in [0.1, 0.15) is 12.6 Å². The van der Waals surface area contributed by atoms with Crippen LogP contribution in [0.15, 0.2) is 42.0 Å². The van der Waals surface area contributed by atoms with Crippen molar-refractivity contribution in [2.75, 3.05) is 19.7 Å². The Balaban J connectivity index is 1.50. The molecule has 2 atom stereocenters. The summed E-state index contributed by atoms with van der Waals surface area (Å²) in [6.07, 6.45) is 6.13. The third kappa shape index (κ3) is 6.94. The minimum Gasteiger partial charge on any atom is -0.449 e. The number of fused-ring (bicyclic) bond motifs is 2. The van der Waals surface area contributed by atoms with E-state index >= 15 is 0 Å². The first-order chi connectivity index (χ1) is 16.8. The molecule has 35 heavy (non-hydrogen) atoms. The topological polar surface area (TPSA) is 140 Å². The third-order valence-electron chi connectivity index (χ3n) is 6.21. The molecule has 0 bridgehead atoms. The first-order valence-electron chi connectivity index (χ1n) is 12.0. The molecule has 0 fully saturated rings. The van der Waals surface area contributed by atoms with Gasteiger partial charge in [-0.15, -0.1) is 0 Å². The summed E-state index contributed by atoms with van der Waals surface area (Å²) in [5.41, 5.74) is 9.88. The number of amides is 4. The number of rotatable bonds is 11. The summed E-state index contributed by atoms with van der Waals surface area (Å²) < 4.78 is 5.57. The number of carbonyl (C=O) groups is 4. The quantitative estimate of drug-likeness (QED) is 0.358. The first kappa shape index (κ1) is 26.0. The summed E-state index contributed by atoms with van der Waals surface area (Å²) in [5, 5.41) is 7.78. The molecule has 9 heteroatoms. The first-order valence-corrected chi connectivity index (χ1v) is 12.0. The van der Waals surface area contributed by atoms with E-state index in [0.717, 1.165) is 18.4 Å². The van der Waals surface area contributed by atoms with Crippen LogP contribution in [0.25, 0.3) is 5.57 Å². The molecule has 4 amide bonds. The fourth-order valence-corrected chi connectivity index (χ4v) is 4.42. The van der Waals surface area contributed by atoms with Crippen LogP contribution < -0.4 is 21.7 Å². The molecule has 2 unspecified atom stereocenters. The highest BCUT2D eigenvalue weighted by molar-refractivity contribution is 5.90. The van der Waals surface area contributed by atoms with Gasteiger partial charge in [0.05, 0.1) is 6.54 Å². The number of benzene rings is 1. The van der Waals surface area contributed by atoms with Gasteiger partial charge in [-0.1, -0.05) is 55.8 Å². The molecule has 1 aromatic rings. The van der Waals surface area contributed by atoms with Gasteiger partial charge in [-0.2, -0.15) is 0 Å². The Hall–Kier alpha value is -3.62. The molecule has 0 aliphatic heterocycles. The molecule has 9 nitrogen and oxygen atoms in total. The number of hydrogen-bond donors (Lipinski definition) is 4. The largest absolute Gasteiger partial charge is 0.449 e. The molecule has 2 aliphatic rings. The fraction of sp³-hybridized carbons (Fsp3) is 0.462. The van der Waals surface area contributed by atoms with Crippen LogP contribution in [0.4, 0.5) is 4.79 Å². The Morgan fingerprint density at radius 3 is 2.66 bits per heavy atom. The molecular weight excluding hydrogens is 448 g/mol. The lowest BCUT2D eigenvalue weighted by Crippen LogP contribution is -2.51. The lowest BCUT2D eigenvalue weighted by atomic mass is 9.91. The number of nitrogens with two attached hydrogens (primary N) is 1. The predicted molar refractivity (Wildman–Crippen MR) is 132 cm³/mol. The molecule has 0 aromatic heterocycles. The SMILES string of the molecule is CC(C)C(NC(=O)OCC1C2=C(C=CCC2)c2ccccc21)C(=O)NCC(=O)NCCCC(N)=O. The third-order valence-corrected chi connectivity index (χ3v) is 6.21. The number of allylic oxidation sites excluding steroid dienone is 3. The van der Waals surface area contributed by atoms with Gasteiger partial charge in [0, 0.05) is 18.9 Å². The number of hydrogen-bond acceptors (Lipinski definition) is 5. The van der Waals surface area contributed by atoms with Crippen LogP contribution in [0, 0.1) is 5.92 Å². The van der Waals surface area contributed by atoms with Crippen molar-refractivity contribution < 1.29 is 23.9 Å². The van der Waals surface area contributed by atoms with Crippen molar-refractivity contribution >= 4 is 29.4 Å². The fourth-order valence-electron chi connectivity index (χ4n) is 4.42. The highest BCUT2D eigenvalue weighted by Crippen LogP contribution is 2.46. The number of alkyl carbamates (subject to hydrolysis) is 1. The van der Waals surface area contributed by atoms with E-state index in [1.54, 1.807) is 13.8 Å².